The van der Waals surface area contributed by atoms with Crippen molar-refractivity contribution in [1.29, 1.82) is 0 Å². The summed E-state index contributed by atoms with van der Waals surface area (Å²) < 4.78 is 1.93. The molecule has 0 aliphatic carbocycles. The summed E-state index contributed by atoms with van der Waals surface area (Å²) >= 11 is 0. The molecule has 0 saturated carbocycles. The summed E-state index contributed by atoms with van der Waals surface area (Å²) in [7, 11) is 0. The van der Waals surface area contributed by atoms with Crippen molar-refractivity contribution >= 4 is 28.2 Å². The van der Waals surface area contributed by atoms with Crippen molar-refractivity contribution in [2.45, 2.75) is 19.9 Å². The Morgan fingerprint density at radius 3 is 2.48 bits per heavy atom. The maximum Gasteiger partial charge on any atom is 0.229 e. The monoisotopic (exact) mass is 434 g/mol. The molecular weight excluding hydrogens is 408 g/mol. The molecule has 1 fully saturated rings. The first-order valence-electron chi connectivity index (χ1n) is 11.5. The summed E-state index contributed by atoms with van der Waals surface area (Å²) in [5.74, 6) is 1.58. The van der Waals surface area contributed by atoms with Crippen molar-refractivity contribution in [1.82, 2.24) is 19.6 Å². The number of aryl methyl sites for hydroxylation is 1. The minimum Gasteiger partial charge on any atom is -0.365 e. The van der Waals surface area contributed by atoms with Crippen LogP contribution in [0.25, 0.3) is 27.9 Å². The van der Waals surface area contributed by atoms with Gasteiger partial charge in [0.25, 0.3) is 0 Å². The van der Waals surface area contributed by atoms with Gasteiger partial charge in [0, 0.05) is 42.3 Å². The Morgan fingerprint density at radius 1 is 0.848 bits per heavy atom. The quantitative estimate of drug-likeness (QED) is 0.401. The highest BCUT2D eigenvalue weighted by Gasteiger charge is 2.27. The molecule has 0 N–H and O–H groups in total. The molecule has 164 valence electrons. The lowest BCUT2D eigenvalue weighted by Gasteiger charge is -2.41. The molecule has 0 amide bonds. The zero-order valence-electron chi connectivity index (χ0n) is 18.9. The molecule has 0 spiro atoms. The third-order valence-corrected chi connectivity index (χ3v) is 6.44. The van der Waals surface area contributed by atoms with E-state index in [0.29, 0.717) is 6.04 Å². The fourth-order valence-electron chi connectivity index (χ4n) is 4.78. The van der Waals surface area contributed by atoms with Crippen LogP contribution in [-0.2, 0) is 0 Å². The predicted molar refractivity (Wildman–Crippen MR) is 134 cm³/mol. The second kappa shape index (κ2) is 7.89. The Bertz CT molecular complexity index is 1440. The van der Waals surface area contributed by atoms with Crippen LogP contribution in [0.4, 0.5) is 11.6 Å². The van der Waals surface area contributed by atoms with Crippen LogP contribution in [0.5, 0.6) is 0 Å². The molecule has 33 heavy (non-hydrogen) atoms. The van der Waals surface area contributed by atoms with E-state index in [4.69, 9.17) is 15.1 Å². The number of hydrogen-bond donors (Lipinski definition) is 0. The molecule has 2 aromatic heterocycles. The second-order valence-electron chi connectivity index (χ2n) is 8.79. The summed E-state index contributed by atoms with van der Waals surface area (Å²) in [5, 5.41) is 5.93. The fourth-order valence-corrected chi connectivity index (χ4v) is 4.78. The van der Waals surface area contributed by atoms with E-state index < -0.39 is 0 Å². The number of rotatable bonds is 3. The summed E-state index contributed by atoms with van der Waals surface area (Å²) in [6, 6.07) is 27.4. The van der Waals surface area contributed by atoms with Gasteiger partial charge < -0.3 is 9.80 Å². The van der Waals surface area contributed by atoms with E-state index in [1.54, 1.807) is 0 Å². The molecule has 6 nitrogen and oxygen atoms in total. The third kappa shape index (κ3) is 3.48. The van der Waals surface area contributed by atoms with Crippen LogP contribution >= 0.6 is 0 Å². The molecule has 0 radical (unpaired) electrons. The van der Waals surface area contributed by atoms with Gasteiger partial charge in [-0.15, -0.1) is 5.10 Å². The zero-order valence-corrected chi connectivity index (χ0v) is 18.9. The normalized spacial score (nSPS) is 16.6. The Morgan fingerprint density at radius 2 is 1.67 bits per heavy atom. The molecule has 6 heteroatoms. The molecule has 5 aromatic rings. The van der Waals surface area contributed by atoms with Crippen molar-refractivity contribution in [3.63, 3.8) is 0 Å². The maximum absolute atomic E-state index is 5.05. The number of anilines is 2. The standard InChI is InChI=1S/C27H26N6/c1-19-9-8-12-22(17-19)32-16-15-31(18-20(32)2)27-28-24-14-7-6-13-23(24)26-29-25(30-33(26)27)21-10-4-3-5-11-21/h3-14,17,20H,15-16,18H2,1-2H3. The number of para-hydroxylation sites is 1. The minimum atomic E-state index is 0.348. The predicted octanol–water partition coefficient (Wildman–Crippen LogP) is 4.97. The van der Waals surface area contributed by atoms with Gasteiger partial charge in [-0.3, -0.25) is 0 Å². The third-order valence-electron chi connectivity index (χ3n) is 6.44. The molecule has 1 unspecified atom stereocenters. The topological polar surface area (TPSA) is 49.6 Å². The van der Waals surface area contributed by atoms with Crippen LogP contribution in [0, 0.1) is 6.92 Å². The first-order chi connectivity index (χ1) is 16.2. The fraction of sp³-hybridized carbons (Fsp3) is 0.222. The van der Waals surface area contributed by atoms with Crippen LogP contribution in [0.3, 0.4) is 0 Å². The highest BCUT2D eigenvalue weighted by atomic mass is 15.4. The van der Waals surface area contributed by atoms with E-state index in [1.807, 2.05) is 47.0 Å². The maximum atomic E-state index is 5.05. The van der Waals surface area contributed by atoms with E-state index in [9.17, 15) is 0 Å². The molecule has 1 saturated heterocycles. The van der Waals surface area contributed by atoms with Gasteiger partial charge in [0.05, 0.1) is 5.52 Å². The van der Waals surface area contributed by atoms with E-state index in [0.717, 1.165) is 53.5 Å². The molecule has 1 atom stereocenters. The summed E-state index contributed by atoms with van der Waals surface area (Å²) in [4.78, 5) is 14.8. The van der Waals surface area contributed by atoms with Gasteiger partial charge in [-0.2, -0.15) is 4.52 Å². The Hall–Kier alpha value is -3.93. The molecule has 3 heterocycles. The molecule has 6 rings (SSSR count). The Labute approximate surface area is 193 Å². The van der Waals surface area contributed by atoms with Crippen molar-refractivity contribution in [2.24, 2.45) is 0 Å². The number of piperazine rings is 1. The van der Waals surface area contributed by atoms with Crippen LogP contribution in [-0.4, -0.2) is 45.3 Å². The van der Waals surface area contributed by atoms with Crippen molar-refractivity contribution in [2.75, 3.05) is 29.4 Å². The van der Waals surface area contributed by atoms with Crippen LogP contribution < -0.4 is 9.80 Å². The van der Waals surface area contributed by atoms with Gasteiger partial charge in [-0.05, 0) is 43.7 Å². The highest BCUT2D eigenvalue weighted by Crippen LogP contribution is 2.28. The lowest BCUT2D eigenvalue weighted by atomic mass is 10.1. The van der Waals surface area contributed by atoms with Gasteiger partial charge in [-0.25, -0.2) is 9.97 Å². The molecule has 1 aliphatic rings. The van der Waals surface area contributed by atoms with Crippen molar-refractivity contribution < 1.29 is 0 Å². The molecular formula is C27H26N6. The van der Waals surface area contributed by atoms with Crippen LogP contribution in [0.15, 0.2) is 78.9 Å². The van der Waals surface area contributed by atoms with E-state index in [2.05, 4.69) is 60.0 Å². The summed E-state index contributed by atoms with van der Waals surface area (Å²) in [6.07, 6.45) is 0. The Kier molecular flexibility index (Phi) is 4.72. The van der Waals surface area contributed by atoms with Gasteiger partial charge >= 0.3 is 0 Å². The first kappa shape index (κ1) is 19.7. The first-order valence-corrected chi connectivity index (χ1v) is 11.5. The minimum absolute atomic E-state index is 0.348. The lowest BCUT2D eigenvalue weighted by Crippen LogP contribution is -2.53. The largest absolute Gasteiger partial charge is 0.365 e. The smallest absolute Gasteiger partial charge is 0.229 e. The summed E-state index contributed by atoms with van der Waals surface area (Å²) in [6.45, 7) is 7.10. The molecule has 0 bridgehead atoms. The number of benzene rings is 3. The van der Waals surface area contributed by atoms with Crippen LogP contribution in [0.2, 0.25) is 0 Å². The second-order valence-corrected chi connectivity index (χ2v) is 8.79. The van der Waals surface area contributed by atoms with Gasteiger partial charge in [0.1, 0.15) is 0 Å². The summed E-state index contributed by atoms with van der Waals surface area (Å²) in [5.41, 5.74) is 5.37. The van der Waals surface area contributed by atoms with E-state index >= 15 is 0 Å². The van der Waals surface area contributed by atoms with Crippen molar-refractivity contribution in [3.8, 4) is 11.4 Å². The number of nitrogens with zero attached hydrogens (tertiary/aromatic N) is 6. The van der Waals surface area contributed by atoms with Gasteiger partial charge in [0.2, 0.25) is 5.95 Å². The highest BCUT2D eigenvalue weighted by molar-refractivity contribution is 5.93. The van der Waals surface area contributed by atoms with Gasteiger partial charge in [0.15, 0.2) is 11.5 Å². The van der Waals surface area contributed by atoms with E-state index in [1.165, 1.54) is 11.3 Å². The van der Waals surface area contributed by atoms with E-state index in [-0.39, 0.29) is 0 Å². The number of hydrogen-bond acceptors (Lipinski definition) is 5. The average molecular weight is 435 g/mol. The van der Waals surface area contributed by atoms with Crippen LogP contribution in [0.1, 0.15) is 12.5 Å². The molecule has 1 aliphatic heterocycles. The van der Waals surface area contributed by atoms with Crippen molar-refractivity contribution in [3.05, 3.63) is 84.4 Å². The molecule has 3 aromatic carbocycles. The lowest BCUT2D eigenvalue weighted by molar-refractivity contribution is 0.539. The average Bonchev–Trinajstić information content (AvgIpc) is 3.30. The van der Waals surface area contributed by atoms with Gasteiger partial charge in [-0.1, -0.05) is 54.6 Å². The SMILES string of the molecule is Cc1cccc(N2CCN(c3nc4ccccc4c4nc(-c5ccccc5)nn34)CC2C)c1. The Balaban J connectivity index is 1.42. The zero-order chi connectivity index (χ0) is 22.4. The number of aromatic nitrogens is 4. The number of fused-ring (bicyclic) bond motifs is 3.